The summed E-state index contributed by atoms with van der Waals surface area (Å²) in [6, 6.07) is 0. The summed E-state index contributed by atoms with van der Waals surface area (Å²) >= 11 is 0. The van der Waals surface area contributed by atoms with E-state index in [1.807, 2.05) is 70.2 Å². The van der Waals surface area contributed by atoms with Gasteiger partial charge >= 0.3 is 5.97 Å². The van der Waals surface area contributed by atoms with Crippen molar-refractivity contribution in [3.63, 3.8) is 0 Å². The summed E-state index contributed by atoms with van der Waals surface area (Å²) in [5, 5.41) is 31.1. The van der Waals surface area contributed by atoms with Crippen molar-refractivity contribution < 1.29 is 29.6 Å². The van der Waals surface area contributed by atoms with Crippen molar-refractivity contribution in [1.82, 2.24) is 0 Å². The Morgan fingerprint density at radius 2 is 1.65 bits per heavy atom. The number of epoxide rings is 1. The SMILES string of the molecule is C\C(C=C=C1C(C)(C)C[C@H](O)C[C@@]1(C)O)=C/C=C/C=C/C=C1C=C(/C=C/[C@@]23O[C@]2(C)C[C@@H](O)CC3(C)C)C(=O)O/1. The van der Waals surface area contributed by atoms with Crippen molar-refractivity contribution in [2.24, 2.45) is 10.8 Å². The highest BCUT2D eigenvalue weighted by atomic mass is 16.6. The fourth-order valence-corrected chi connectivity index (χ4v) is 7.01. The van der Waals surface area contributed by atoms with Gasteiger partial charge in [-0.3, -0.25) is 0 Å². The van der Waals surface area contributed by atoms with E-state index in [2.05, 4.69) is 19.6 Å². The molecule has 0 unspecified atom stereocenters. The van der Waals surface area contributed by atoms with Gasteiger partial charge in [0, 0.05) is 23.8 Å². The minimum atomic E-state index is -1.08. The average molecular weight is 549 g/mol. The second kappa shape index (κ2) is 10.6. The molecule has 6 heteroatoms. The summed E-state index contributed by atoms with van der Waals surface area (Å²) in [6.45, 7) is 13.9. The molecule has 0 spiro atoms. The molecule has 2 saturated carbocycles. The van der Waals surface area contributed by atoms with Crippen LogP contribution in [0, 0.1) is 10.8 Å². The van der Waals surface area contributed by atoms with Gasteiger partial charge in [0.25, 0.3) is 0 Å². The Morgan fingerprint density at radius 1 is 0.975 bits per heavy atom. The van der Waals surface area contributed by atoms with E-state index in [-0.39, 0.29) is 16.9 Å². The molecule has 4 rings (SSSR count). The second-order valence-corrected chi connectivity index (χ2v) is 13.5. The summed E-state index contributed by atoms with van der Waals surface area (Å²) in [6.07, 6.45) is 19.7. The van der Waals surface area contributed by atoms with Gasteiger partial charge in [0.1, 0.15) is 17.0 Å². The average Bonchev–Trinajstić information content (AvgIpc) is 3.26. The van der Waals surface area contributed by atoms with Gasteiger partial charge in [-0.1, -0.05) is 58.1 Å². The summed E-state index contributed by atoms with van der Waals surface area (Å²) in [5.74, 6) is 0.0751. The van der Waals surface area contributed by atoms with Crippen molar-refractivity contribution in [3.05, 3.63) is 89.0 Å². The van der Waals surface area contributed by atoms with Crippen LogP contribution in [0.3, 0.4) is 0 Å². The van der Waals surface area contributed by atoms with Crippen LogP contribution in [0.15, 0.2) is 89.0 Å². The van der Waals surface area contributed by atoms with Gasteiger partial charge in [-0.15, -0.1) is 5.73 Å². The Hall–Kier alpha value is -2.73. The molecule has 1 saturated heterocycles. The lowest BCUT2D eigenvalue weighted by Gasteiger charge is -2.43. The van der Waals surface area contributed by atoms with Crippen LogP contribution in [-0.2, 0) is 14.3 Å². The topological polar surface area (TPSA) is 99.5 Å². The molecular formula is C34H44O6. The highest BCUT2D eigenvalue weighted by Crippen LogP contribution is 2.66. The van der Waals surface area contributed by atoms with E-state index < -0.39 is 28.9 Å². The van der Waals surface area contributed by atoms with E-state index in [1.54, 1.807) is 25.2 Å². The van der Waals surface area contributed by atoms with E-state index in [9.17, 15) is 20.1 Å². The number of hydrogen-bond acceptors (Lipinski definition) is 6. The molecule has 5 atom stereocenters. The van der Waals surface area contributed by atoms with Crippen molar-refractivity contribution in [1.29, 1.82) is 0 Å². The van der Waals surface area contributed by atoms with Gasteiger partial charge in [0.05, 0.1) is 23.4 Å². The van der Waals surface area contributed by atoms with Crippen LogP contribution in [0.2, 0.25) is 0 Å². The fourth-order valence-electron chi connectivity index (χ4n) is 7.01. The van der Waals surface area contributed by atoms with Gasteiger partial charge < -0.3 is 24.8 Å². The smallest absolute Gasteiger partial charge is 0.343 e. The van der Waals surface area contributed by atoms with Gasteiger partial charge in [0.15, 0.2) is 0 Å². The van der Waals surface area contributed by atoms with Crippen LogP contribution in [0.25, 0.3) is 0 Å². The first kappa shape index (κ1) is 30.2. The lowest BCUT2D eigenvalue weighted by atomic mass is 9.63. The zero-order chi connectivity index (χ0) is 29.6. The van der Waals surface area contributed by atoms with Crippen LogP contribution >= 0.6 is 0 Å². The van der Waals surface area contributed by atoms with Gasteiger partial charge in [0.2, 0.25) is 0 Å². The Labute approximate surface area is 238 Å². The number of carbonyl (C=O) groups is 1. The summed E-state index contributed by atoms with van der Waals surface area (Å²) in [4.78, 5) is 12.4. The molecule has 2 aliphatic carbocycles. The van der Waals surface area contributed by atoms with E-state index in [1.165, 1.54) is 0 Å². The number of carbonyl (C=O) groups excluding carboxylic acids is 1. The van der Waals surface area contributed by atoms with E-state index in [0.29, 0.717) is 37.0 Å². The predicted molar refractivity (Wildman–Crippen MR) is 156 cm³/mol. The number of allylic oxidation sites excluding steroid dienone is 8. The molecule has 0 aromatic heterocycles. The normalized spacial score (nSPS) is 38.1. The van der Waals surface area contributed by atoms with Crippen molar-refractivity contribution in [2.75, 3.05) is 0 Å². The number of esters is 1. The van der Waals surface area contributed by atoms with Crippen LogP contribution in [0.4, 0.5) is 0 Å². The Bertz CT molecular complexity index is 1270. The Kier molecular flexibility index (Phi) is 8.01. The van der Waals surface area contributed by atoms with E-state index in [0.717, 1.165) is 11.1 Å². The monoisotopic (exact) mass is 548 g/mol. The standard InChI is InChI=1S/C34H44O6/c1-23(14-15-28-30(2,3)19-25(35)21-32(28,6)38)12-10-8-9-11-13-27-18-24(29(37)39-27)16-17-34-31(4,5)20-26(36)22-33(34,7)40-34/h8-14,16-18,25-26,35-36,38H,19-22H2,1-7H3/b10-8+,11-9+,17-16+,23-12+,27-13-/t15?,25-,26-,32+,33+,34-/m0/s1. The molecule has 0 aromatic carbocycles. The number of cyclic esters (lactones) is 1. The maximum absolute atomic E-state index is 12.4. The molecule has 0 radical (unpaired) electrons. The van der Waals surface area contributed by atoms with Gasteiger partial charge in [-0.25, -0.2) is 4.79 Å². The van der Waals surface area contributed by atoms with Crippen molar-refractivity contribution >= 4 is 5.97 Å². The zero-order valence-electron chi connectivity index (χ0n) is 24.8. The van der Waals surface area contributed by atoms with Crippen LogP contribution in [0.5, 0.6) is 0 Å². The lowest BCUT2D eigenvalue weighted by molar-refractivity contribution is -0.132. The lowest BCUT2D eigenvalue weighted by Crippen LogP contribution is -2.46. The molecule has 3 fully saturated rings. The van der Waals surface area contributed by atoms with E-state index in [4.69, 9.17) is 9.47 Å². The minimum absolute atomic E-state index is 0.248. The molecule has 2 aliphatic heterocycles. The second-order valence-electron chi connectivity index (χ2n) is 13.5. The quantitative estimate of drug-likeness (QED) is 0.171. The number of aliphatic hydroxyl groups excluding tert-OH is 2. The maximum Gasteiger partial charge on any atom is 0.343 e. The number of ether oxygens (including phenoxy) is 2. The first-order chi connectivity index (χ1) is 18.5. The first-order valence-corrected chi connectivity index (χ1v) is 14.1. The Morgan fingerprint density at radius 3 is 2.33 bits per heavy atom. The highest BCUT2D eigenvalue weighted by Gasteiger charge is 2.74. The van der Waals surface area contributed by atoms with E-state index >= 15 is 0 Å². The fraction of sp³-hybridized carbons (Fsp3) is 0.529. The number of fused-ring (bicyclic) bond motifs is 1. The first-order valence-electron chi connectivity index (χ1n) is 14.1. The molecule has 4 aliphatic rings. The number of aliphatic hydroxyl groups is 3. The molecule has 2 heterocycles. The van der Waals surface area contributed by atoms with Crippen LogP contribution < -0.4 is 0 Å². The number of hydrogen-bond donors (Lipinski definition) is 3. The molecule has 0 aromatic rings. The summed E-state index contributed by atoms with van der Waals surface area (Å²) < 4.78 is 11.5. The third-order valence-electron chi connectivity index (χ3n) is 8.74. The highest BCUT2D eigenvalue weighted by molar-refractivity contribution is 5.95. The summed E-state index contributed by atoms with van der Waals surface area (Å²) in [5.41, 5.74) is 2.95. The number of rotatable bonds is 6. The molecule has 0 bridgehead atoms. The van der Waals surface area contributed by atoms with Crippen LogP contribution in [0.1, 0.15) is 74.1 Å². The third-order valence-corrected chi connectivity index (χ3v) is 8.74. The van der Waals surface area contributed by atoms with Crippen molar-refractivity contribution in [3.8, 4) is 0 Å². The Balaban J connectivity index is 1.38. The molecule has 3 N–H and O–H groups in total. The van der Waals surface area contributed by atoms with Gasteiger partial charge in [-0.05, 0) is 75.0 Å². The minimum Gasteiger partial charge on any atom is -0.423 e. The summed E-state index contributed by atoms with van der Waals surface area (Å²) in [7, 11) is 0. The van der Waals surface area contributed by atoms with Crippen molar-refractivity contribution in [2.45, 2.75) is 103 Å². The largest absolute Gasteiger partial charge is 0.423 e. The predicted octanol–water partition coefficient (Wildman–Crippen LogP) is 5.69. The zero-order valence-corrected chi connectivity index (χ0v) is 24.8. The van der Waals surface area contributed by atoms with Gasteiger partial charge in [-0.2, -0.15) is 0 Å². The molecule has 0 amide bonds. The molecule has 6 nitrogen and oxygen atoms in total. The van der Waals surface area contributed by atoms with Crippen LogP contribution in [-0.4, -0.2) is 50.3 Å². The molecule has 216 valence electrons. The molecular weight excluding hydrogens is 504 g/mol. The molecule has 40 heavy (non-hydrogen) atoms. The maximum atomic E-state index is 12.4. The third kappa shape index (κ3) is 5.97.